The quantitative estimate of drug-likeness (QED) is 0.651. The molecule has 2 fully saturated rings. The minimum absolute atomic E-state index is 0.185. The van der Waals surface area contributed by atoms with Crippen LogP contribution in [0.1, 0.15) is 31.2 Å². The van der Waals surface area contributed by atoms with Gasteiger partial charge in [0.05, 0.1) is 5.02 Å². The van der Waals surface area contributed by atoms with Crippen LogP contribution >= 0.6 is 11.6 Å². The molecule has 0 saturated heterocycles. The van der Waals surface area contributed by atoms with Crippen molar-refractivity contribution < 1.29 is 24.9 Å². The van der Waals surface area contributed by atoms with Gasteiger partial charge in [0.2, 0.25) is 0 Å². The summed E-state index contributed by atoms with van der Waals surface area (Å²) in [5.41, 5.74) is 1.02. The van der Waals surface area contributed by atoms with E-state index in [1.54, 1.807) is 6.07 Å². The molecule has 1 aromatic carbocycles. The summed E-state index contributed by atoms with van der Waals surface area (Å²) in [5.74, 6) is 1.96. The van der Waals surface area contributed by atoms with Crippen molar-refractivity contribution in [3.05, 3.63) is 28.8 Å². The fourth-order valence-corrected chi connectivity index (χ4v) is 4.61. The van der Waals surface area contributed by atoms with Gasteiger partial charge in [-0.1, -0.05) is 23.7 Å². The second-order valence-electron chi connectivity index (χ2n) is 7.61. The number of carbonyl (C=O) groups is 2. The minimum atomic E-state index is -0.250. The molecule has 0 aliphatic heterocycles. The highest BCUT2D eigenvalue weighted by Crippen LogP contribution is 2.46. The first-order chi connectivity index (χ1) is 13.3. The van der Waals surface area contributed by atoms with Crippen LogP contribution in [0.4, 0.5) is 0 Å². The van der Waals surface area contributed by atoms with Crippen LogP contribution in [0.5, 0.6) is 5.75 Å². The Balaban J connectivity index is 0.000000582. The Morgan fingerprint density at radius 3 is 1.93 bits per heavy atom. The molecule has 28 heavy (non-hydrogen) atoms. The largest absolute Gasteiger partial charge is 0.506 e. The summed E-state index contributed by atoms with van der Waals surface area (Å²) in [5, 5.41) is 24.0. The molecule has 8 heteroatoms. The van der Waals surface area contributed by atoms with Crippen molar-refractivity contribution in [1.82, 2.24) is 9.80 Å². The molecule has 158 valence electrons. The van der Waals surface area contributed by atoms with E-state index in [1.165, 1.54) is 25.7 Å². The van der Waals surface area contributed by atoms with Gasteiger partial charge < -0.3 is 20.2 Å². The van der Waals surface area contributed by atoms with Gasteiger partial charge in [-0.15, -0.1) is 0 Å². The molecular formula is C20H31ClN2O5. The number of aromatic hydroxyl groups is 1. The highest BCUT2D eigenvalue weighted by Gasteiger charge is 2.43. The van der Waals surface area contributed by atoms with Crippen molar-refractivity contribution in [2.45, 2.75) is 44.3 Å². The third kappa shape index (κ3) is 6.65. The lowest BCUT2D eigenvalue weighted by Crippen LogP contribution is -2.31. The average molecular weight is 415 g/mol. The molecule has 3 N–H and O–H groups in total. The Bertz CT molecular complexity index is 609. The lowest BCUT2D eigenvalue weighted by atomic mass is 10.0. The van der Waals surface area contributed by atoms with Crippen LogP contribution in [0, 0.1) is 11.8 Å². The van der Waals surface area contributed by atoms with Crippen molar-refractivity contribution in [3.8, 4) is 5.75 Å². The van der Waals surface area contributed by atoms with Gasteiger partial charge in [-0.2, -0.15) is 0 Å². The number of hydrogen-bond acceptors (Lipinski definition) is 5. The Morgan fingerprint density at radius 2 is 1.46 bits per heavy atom. The van der Waals surface area contributed by atoms with Crippen LogP contribution < -0.4 is 0 Å². The molecule has 2 aliphatic rings. The molecule has 0 radical (unpaired) electrons. The number of benzene rings is 1. The number of rotatable bonds is 4. The van der Waals surface area contributed by atoms with Gasteiger partial charge in [0.25, 0.3) is 12.9 Å². The fourth-order valence-electron chi connectivity index (χ4n) is 4.42. The zero-order valence-electron chi connectivity index (χ0n) is 16.7. The molecule has 1 aromatic rings. The Labute approximate surface area is 171 Å². The Kier molecular flexibility index (Phi) is 10.3. The molecule has 4 atom stereocenters. The standard InChI is InChI=1S/C18H27ClN2O.2CH2O2/c1-20(2)15-7-13-9-16(10-14(13)8-15)21(3)11-12-5-4-6-17(22)18(12)19;2*2-1-3/h4-6,13-16,22H,7-11H2,1-3H3;2*1H,(H,2,3)/t13-,14+,15?,16?;;. The SMILES string of the molecule is CN(C)C1C[C@@H]2CC(N(C)Cc3cccc(O)c3Cl)C[C@@H]2C1.O=CO.O=CO. The lowest BCUT2D eigenvalue weighted by Gasteiger charge is -2.27. The summed E-state index contributed by atoms with van der Waals surface area (Å²) in [6, 6.07) is 6.96. The summed E-state index contributed by atoms with van der Waals surface area (Å²) in [4.78, 5) is 21.5. The van der Waals surface area contributed by atoms with Gasteiger partial charge in [-0.25, -0.2) is 0 Å². The predicted octanol–water partition coefficient (Wildman–Crippen LogP) is 3.00. The van der Waals surface area contributed by atoms with E-state index in [2.05, 4.69) is 30.9 Å². The lowest BCUT2D eigenvalue weighted by molar-refractivity contribution is -0.123. The van der Waals surface area contributed by atoms with E-state index in [0.29, 0.717) is 11.1 Å². The Hall–Kier alpha value is -1.83. The predicted molar refractivity (Wildman–Crippen MR) is 109 cm³/mol. The molecule has 7 nitrogen and oxygen atoms in total. The van der Waals surface area contributed by atoms with Crippen LogP contribution in [0.2, 0.25) is 5.02 Å². The van der Waals surface area contributed by atoms with E-state index in [-0.39, 0.29) is 18.7 Å². The first kappa shape index (κ1) is 24.2. The maximum Gasteiger partial charge on any atom is 0.290 e. The van der Waals surface area contributed by atoms with Gasteiger partial charge in [0, 0.05) is 18.6 Å². The second-order valence-corrected chi connectivity index (χ2v) is 7.99. The molecule has 2 saturated carbocycles. The minimum Gasteiger partial charge on any atom is -0.506 e. The van der Waals surface area contributed by atoms with Gasteiger partial charge in [-0.05, 0) is 70.3 Å². The average Bonchev–Trinajstić information content (AvgIpc) is 3.19. The summed E-state index contributed by atoms with van der Waals surface area (Å²) in [6.07, 6.45) is 5.33. The van der Waals surface area contributed by atoms with Crippen molar-refractivity contribution in [2.75, 3.05) is 21.1 Å². The van der Waals surface area contributed by atoms with Crippen LogP contribution in [0.15, 0.2) is 18.2 Å². The number of hydrogen-bond donors (Lipinski definition) is 3. The smallest absolute Gasteiger partial charge is 0.290 e. The second kappa shape index (κ2) is 11.9. The summed E-state index contributed by atoms with van der Waals surface area (Å²) in [6.45, 7) is 0.314. The van der Waals surface area contributed by atoms with E-state index in [0.717, 1.165) is 30.0 Å². The third-order valence-corrected chi connectivity index (χ3v) is 6.23. The molecule has 0 bridgehead atoms. The van der Waals surface area contributed by atoms with Crippen molar-refractivity contribution in [1.29, 1.82) is 0 Å². The normalized spacial score (nSPS) is 25.4. The molecular weight excluding hydrogens is 384 g/mol. The van der Waals surface area contributed by atoms with E-state index in [1.807, 2.05) is 12.1 Å². The summed E-state index contributed by atoms with van der Waals surface area (Å²) in [7, 11) is 6.61. The maximum absolute atomic E-state index is 9.74. The van der Waals surface area contributed by atoms with E-state index in [4.69, 9.17) is 31.4 Å². The van der Waals surface area contributed by atoms with E-state index >= 15 is 0 Å². The van der Waals surface area contributed by atoms with Gasteiger partial charge in [0.1, 0.15) is 5.75 Å². The molecule has 2 unspecified atom stereocenters. The first-order valence-electron chi connectivity index (χ1n) is 9.27. The van der Waals surface area contributed by atoms with Crippen molar-refractivity contribution in [3.63, 3.8) is 0 Å². The third-order valence-electron chi connectivity index (χ3n) is 5.80. The van der Waals surface area contributed by atoms with Crippen LogP contribution in [-0.4, -0.2) is 71.3 Å². The molecule has 3 rings (SSSR count). The number of phenols is 1. The molecule has 0 heterocycles. The topological polar surface area (TPSA) is 101 Å². The van der Waals surface area contributed by atoms with Crippen LogP contribution in [0.3, 0.4) is 0 Å². The number of fused-ring (bicyclic) bond motifs is 1. The monoisotopic (exact) mass is 414 g/mol. The first-order valence-corrected chi connectivity index (χ1v) is 9.65. The maximum atomic E-state index is 9.74. The van der Waals surface area contributed by atoms with Gasteiger partial charge in [-0.3, -0.25) is 14.5 Å². The van der Waals surface area contributed by atoms with Crippen LogP contribution in [0.25, 0.3) is 0 Å². The molecule has 0 aromatic heterocycles. The number of nitrogens with zero attached hydrogens (tertiary/aromatic N) is 2. The fraction of sp³-hybridized carbons (Fsp3) is 0.600. The summed E-state index contributed by atoms with van der Waals surface area (Å²) < 4.78 is 0. The molecule has 2 aliphatic carbocycles. The highest BCUT2D eigenvalue weighted by molar-refractivity contribution is 6.32. The van der Waals surface area contributed by atoms with Crippen molar-refractivity contribution >= 4 is 24.5 Å². The number of carboxylic acid groups (broad SMARTS) is 2. The number of phenolic OH excluding ortho intramolecular Hbond substituents is 1. The van der Waals surface area contributed by atoms with Gasteiger partial charge in [0.15, 0.2) is 0 Å². The van der Waals surface area contributed by atoms with Crippen LogP contribution in [-0.2, 0) is 16.1 Å². The summed E-state index contributed by atoms with van der Waals surface area (Å²) >= 11 is 6.21. The van der Waals surface area contributed by atoms with E-state index in [9.17, 15) is 5.11 Å². The van der Waals surface area contributed by atoms with E-state index < -0.39 is 0 Å². The van der Waals surface area contributed by atoms with Gasteiger partial charge >= 0.3 is 0 Å². The molecule has 0 spiro atoms. The van der Waals surface area contributed by atoms with Crippen molar-refractivity contribution in [2.24, 2.45) is 11.8 Å². The zero-order chi connectivity index (χ0) is 21.3. The zero-order valence-corrected chi connectivity index (χ0v) is 17.4. The molecule has 0 amide bonds. The highest BCUT2D eigenvalue weighted by atomic mass is 35.5. The number of halogens is 1. The Morgan fingerprint density at radius 1 is 1.00 bits per heavy atom.